The highest BCUT2D eigenvalue weighted by Crippen LogP contribution is 2.18. The Morgan fingerprint density at radius 2 is 2.06 bits per heavy atom. The molecule has 0 saturated carbocycles. The van der Waals surface area contributed by atoms with Crippen molar-refractivity contribution in [1.82, 2.24) is 4.31 Å². The molecule has 1 unspecified atom stereocenters. The van der Waals surface area contributed by atoms with Crippen LogP contribution in [0.4, 0.5) is 0 Å². The molecule has 1 aromatic carbocycles. The van der Waals surface area contributed by atoms with Crippen molar-refractivity contribution in [2.24, 2.45) is 5.73 Å². The van der Waals surface area contributed by atoms with Gasteiger partial charge in [-0.2, -0.15) is 4.31 Å². The van der Waals surface area contributed by atoms with Gasteiger partial charge < -0.3 is 10.5 Å². The van der Waals surface area contributed by atoms with Gasteiger partial charge in [0.1, 0.15) is 0 Å². The van der Waals surface area contributed by atoms with Gasteiger partial charge in [-0.15, -0.1) is 0 Å². The number of sulfonamides is 1. The lowest BCUT2D eigenvalue weighted by molar-refractivity contribution is 0.00450. The number of ether oxygens (including phenoxy) is 1. The summed E-state index contributed by atoms with van der Waals surface area (Å²) < 4.78 is 31.6. The van der Waals surface area contributed by atoms with Crippen LogP contribution in [0, 0.1) is 6.92 Å². The van der Waals surface area contributed by atoms with Gasteiger partial charge in [0.15, 0.2) is 0 Å². The Hall–Kier alpha value is -0.950. The highest BCUT2D eigenvalue weighted by molar-refractivity contribution is 7.89. The van der Waals surface area contributed by atoms with Gasteiger partial charge in [-0.1, -0.05) is 17.7 Å². The second kappa shape index (κ2) is 5.36. The van der Waals surface area contributed by atoms with Crippen molar-refractivity contribution in [3.8, 4) is 0 Å². The zero-order valence-electron chi connectivity index (χ0n) is 10.4. The summed E-state index contributed by atoms with van der Waals surface area (Å²) in [4.78, 5) is 0.325. The molecule has 0 aliphatic carbocycles. The summed E-state index contributed by atoms with van der Waals surface area (Å²) in [6.45, 7) is 3.36. The van der Waals surface area contributed by atoms with Gasteiger partial charge in [-0.05, 0) is 19.1 Å². The van der Waals surface area contributed by atoms with Gasteiger partial charge in [0, 0.05) is 19.6 Å². The van der Waals surface area contributed by atoms with Crippen LogP contribution in [0.5, 0.6) is 0 Å². The van der Waals surface area contributed by atoms with Crippen LogP contribution >= 0.6 is 0 Å². The molecule has 1 aliphatic rings. The molecule has 6 heteroatoms. The molecule has 5 nitrogen and oxygen atoms in total. The number of morpholine rings is 1. The molecule has 2 rings (SSSR count). The zero-order valence-corrected chi connectivity index (χ0v) is 11.2. The first-order valence-corrected chi connectivity index (χ1v) is 7.36. The number of benzene rings is 1. The summed E-state index contributed by atoms with van der Waals surface area (Å²) in [5.74, 6) is 0. The molecule has 1 fully saturated rings. The summed E-state index contributed by atoms with van der Waals surface area (Å²) in [5.41, 5.74) is 6.56. The van der Waals surface area contributed by atoms with Gasteiger partial charge in [0.05, 0.1) is 17.6 Å². The van der Waals surface area contributed by atoms with Gasteiger partial charge in [0.25, 0.3) is 0 Å². The number of nitrogens with zero attached hydrogens (tertiary/aromatic N) is 1. The van der Waals surface area contributed by atoms with Gasteiger partial charge in [0.2, 0.25) is 10.0 Å². The van der Waals surface area contributed by atoms with E-state index in [9.17, 15) is 8.42 Å². The van der Waals surface area contributed by atoms with Gasteiger partial charge in [-0.3, -0.25) is 0 Å². The first-order valence-electron chi connectivity index (χ1n) is 5.92. The second-order valence-electron chi connectivity index (χ2n) is 4.40. The lowest BCUT2D eigenvalue weighted by Crippen LogP contribution is -2.48. The molecule has 1 heterocycles. The lowest BCUT2D eigenvalue weighted by atomic mass is 10.2. The minimum absolute atomic E-state index is 0.209. The standard InChI is InChI=1S/C12H18N2O3S/c1-10-2-4-12(5-3-10)18(15,16)14-6-7-17-11(8-13)9-14/h2-5,11H,6-9,13H2,1H3. The van der Waals surface area contributed by atoms with Crippen LogP contribution in [0.1, 0.15) is 5.56 Å². The zero-order chi connectivity index (χ0) is 13.2. The molecule has 0 amide bonds. The van der Waals surface area contributed by atoms with Crippen LogP contribution < -0.4 is 5.73 Å². The molecule has 2 N–H and O–H groups in total. The molecule has 0 spiro atoms. The Labute approximate surface area is 108 Å². The molecular formula is C12H18N2O3S. The van der Waals surface area contributed by atoms with E-state index in [0.29, 0.717) is 31.1 Å². The van der Waals surface area contributed by atoms with Crippen molar-refractivity contribution >= 4 is 10.0 Å². The van der Waals surface area contributed by atoms with E-state index >= 15 is 0 Å². The van der Waals surface area contributed by atoms with Crippen molar-refractivity contribution in [2.75, 3.05) is 26.2 Å². The number of nitrogens with two attached hydrogens (primary N) is 1. The SMILES string of the molecule is Cc1ccc(S(=O)(=O)N2CCOC(CN)C2)cc1. The second-order valence-corrected chi connectivity index (χ2v) is 6.34. The van der Waals surface area contributed by atoms with E-state index in [4.69, 9.17) is 10.5 Å². The van der Waals surface area contributed by atoms with Crippen molar-refractivity contribution in [3.05, 3.63) is 29.8 Å². The maximum absolute atomic E-state index is 12.4. The van der Waals surface area contributed by atoms with Crippen molar-refractivity contribution in [1.29, 1.82) is 0 Å². The van der Waals surface area contributed by atoms with E-state index in [1.165, 1.54) is 4.31 Å². The fraction of sp³-hybridized carbons (Fsp3) is 0.500. The summed E-state index contributed by atoms with van der Waals surface area (Å²) in [7, 11) is -3.42. The minimum Gasteiger partial charge on any atom is -0.374 e. The number of hydrogen-bond donors (Lipinski definition) is 1. The molecule has 1 aromatic rings. The summed E-state index contributed by atoms with van der Waals surface area (Å²) in [6.07, 6.45) is -0.209. The predicted molar refractivity (Wildman–Crippen MR) is 68.7 cm³/mol. The van der Waals surface area contributed by atoms with Crippen LogP contribution in [0.3, 0.4) is 0 Å². The Balaban J connectivity index is 2.22. The highest BCUT2D eigenvalue weighted by atomic mass is 32.2. The van der Waals surface area contributed by atoms with E-state index < -0.39 is 10.0 Å². The predicted octanol–water partition coefficient (Wildman–Crippen LogP) is 0.343. The Bertz CT molecular complexity index is 499. The Morgan fingerprint density at radius 1 is 1.39 bits per heavy atom. The Morgan fingerprint density at radius 3 is 2.67 bits per heavy atom. The third-order valence-corrected chi connectivity index (χ3v) is 4.90. The number of rotatable bonds is 3. The fourth-order valence-corrected chi connectivity index (χ4v) is 3.37. The molecule has 100 valence electrons. The summed E-state index contributed by atoms with van der Waals surface area (Å²) in [5, 5.41) is 0. The number of hydrogen-bond acceptors (Lipinski definition) is 4. The van der Waals surface area contributed by atoms with E-state index in [0.717, 1.165) is 5.56 Å². The largest absolute Gasteiger partial charge is 0.374 e. The molecule has 0 aromatic heterocycles. The monoisotopic (exact) mass is 270 g/mol. The molecule has 1 atom stereocenters. The fourth-order valence-electron chi connectivity index (χ4n) is 1.91. The smallest absolute Gasteiger partial charge is 0.243 e. The normalized spacial score (nSPS) is 22.0. The van der Waals surface area contributed by atoms with Crippen LogP contribution in [-0.2, 0) is 14.8 Å². The van der Waals surface area contributed by atoms with E-state index in [1.807, 2.05) is 6.92 Å². The average Bonchev–Trinajstić information content (AvgIpc) is 2.39. The molecule has 1 saturated heterocycles. The maximum atomic E-state index is 12.4. The molecule has 0 bridgehead atoms. The van der Waals surface area contributed by atoms with Crippen LogP contribution in [0.15, 0.2) is 29.2 Å². The van der Waals surface area contributed by atoms with Gasteiger partial charge >= 0.3 is 0 Å². The van der Waals surface area contributed by atoms with Crippen LogP contribution in [-0.4, -0.2) is 45.1 Å². The van der Waals surface area contributed by atoms with Crippen LogP contribution in [0.2, 0.25) is 0 Å². The quantitative estimate of drug-likeness (QED) is 0.860. The molecule has 18 heavy (non-hydrogen) atoms. The lowest BCUT2D eigenvalue weighted by Gasteiger charge is -2.31. The summed E-state index contributed by atoms with van der Waals surface area (Å²) in [6, 6.07) is 6.87. The van der Waals surface area contributed by atoms with E-state index in [1.54, 1.807) is 24.3 Å². The average molecular weight is 270 g/mol. The van der Waals surface area contributed by atoms with Crippen molar-refractivity contribution in [2.45, 2.75) is 17.9 Å². The minimum atomic E-state index is -3.42. The maximum Gasteiger partial charge on any atom is 0.243 e. The summed E-state index contributed by atoms with van der Waals surface area (Å²) >= 11 is 0. The first-order chi connectivity index (χ1) is 8.54. The third-order valence-electron chi connectivity index (χ3n) is 3.02. The molecular weight excluding hydrogens is 252 g/mol. The first kappa shape index (κ1) is 13.5. The molecule has 1 aliphatic heterocycles. The highest BCUT2D eigenvalue weighted by Gasteiger charge is 2.29. The van der Waals surface area contributed by atoms with Crippen LogP contribution in [0.25, 0.3) is 0 Å². The van der Waals surface area contributed by atoms with E-state index in [2.05, 4.69) is 0 Å². The molecule has 0 radical (unpaired) electrons. The van der Waals surface area contributed by atoms with Gasteiger partial charge in [-0.25, -0.2) is 8.42 Å². The number of aryl methyl sites for hydroxylation is 1. The topological polar surface area (TPSA) is 72.6 Å². The Kier molecular flexibility index (Phi) is 4.01. The van der Waals surface area contributed by atoms with E-state index in [-0.39, 0.29) is 6.10 Å². The third kappa shape index (κ3) is 2.72. The van der Waals surface area contributed by atoms with Crippen molar-refractivity contribution in [3.63, 3.8) is 0 Å². The van der Waals surface area contributed by atoms with Crippen molar-refractivity contribution < 1.29 is 13.2 Å².